The van der Waals surface area contributed by atoms with Crippen LogP contribution >= 0.6 is 0 Å². The molecule has 7 heteroatoms. The summed E-state index contributed by atoms with van der Waals surface area (Å²) in [5.41, 5.74) is -0.840. The lowest BCUT2D eigenvalue weighted by Crippen LogP contribution is -2.31. The van der Waals surface area contributed by atoms with Gasteiger partial charge in [0.2, 0.25) is 5.82 Å². The minimum Gasteiger partial charge on any atom is -0.365 e. The first-order chi connectivity index (χ1) is 8.93. The van der Waals surface area contributed by atoms with Crippen LogP contribution in [0.4, 0.5) is 27.6 Å². The molecule has 1 aromatic carbocycles. The average molecular weight is 280 g/mol. The van der Waals surface area contributed by atoms with Crippen LogP contribution in [0.25, 0.3) is 0 Å². The van der Waals surface area contributed by atoms with E-state index in [1.807, 2.05) is 6.92 Å². The zero-order valence-electron chi connectivity index (χ0n) is 10.2. The van der Waals surface area contributed by atoms with Crippen LogP contribution in [0.5, 0.6) is 0 Å². The third-order valence-corrected chi connectivity index (χ3v) is 3.21. The molecule has 1 heterocycles. The Bertz CT molecular complexity index is 462. The molecule has 1 N–H and O–H groups in total. The van der Waals surface area contributed by atoms with Gasteiger partial charge in [-0.05, 0) is 13.3 Å². The fourth-order valence-electron chi connectivity index (χ4n) is 2.10. The Labute approximate surface area is 107 Å². The van der Waals surface area contributed by atoms with Crippen LogP contribution in [0.3, 0.4) is 0 Å². The molecule has 1 aliphatic heterocycles. The summed E-state index contributed by atoms with van der Waals surface area (Å²) in [4.78, 5) is 1.19. The number of nitrogens with zero attached hydrogens (tertiary/aromatic N) is 1. The lowest BCUT2D eigenvalue weighted by molar-refractivity contribution is 0.378. The first-order valence-corrected chi connectivity index (χ1v) is 5.93. The maximum absolute atomic E-state index is 13.6. The second-order valence-corrected chi connectivity index (χ2v) is 4.55. The summed E-state index contributed by atoms with van der Waals surface area (Å²) < 4.78 is 66.5. The summed E-state index contributed by atoms with van der Waals surface area (Å²) in [6, 6.07) is 0.131. The molecule has 0 radical (unpaired) electrons. The Morgan fingerprint density at radius 3 is 2.00 bits per heavy atom. The van der Waals surface area contributed by atoms with E-state index in [0.717, 1.165) is 0 Å². The first-order valence-electron chi connectivity index (χ1n) is 5.93. The smallest absolute Gasteiger partial charge is 0.200 e. The molecule has 2 nitrogen and oxygen atoms in total. The van der Waals surface area contributed by atoms with E-state index < -0.39 is 34.8 Å². The highest BCUT2D eigenvalue weighted by molar-refractivity contribution is 5.50. The van der Waals surface area contributed by atoms with Crippen molar-refractivity contribution in [1.82, 2.24) is 5.32 Å². The fourth-order valence-corrected chi connectivity index (χ4v) is 2.10. The van der Waals surface area contributed by atoms with Gasteiger partial charge in [-0.1, -0.05) is 0 Å². The van der Waals surface area contributed by atoms with Crippen LogP contribution in [0.15, 0.2) is 0 Å². The van der Waals surface area contributed by atoms with Gasteiger partial charge in [0.25, 0.3) is 0 Å². The van der Waals surface area contributed by atoms with Gasteiger partial charge in [-0.3, -0.25) is 0 Å². The van der Waals surface area contributed by atoms with Gasteiger partial charge in [-0.25, -0.2) is 22.0 Å². The minimum atomic E-state index is -2.12. The highest BCUT2D eigenvalue weighted by Gasteiger charge is 2.29. The van der Waals surface area contributed by atoms with Gasteiger partial charge in [-0.15, -0.1) is 0 Å². The maximum atomic E-state index is 13.6. The third-order valence-electron chi connectivity index (χ3n) is 3.21. The van der Waals surface area contributed by atoms with Crippen molar-refractivity contribution in [1.29, 1.82) is 0 Å². The molecular formula is C12H13F5N2. The van der Waals surface area contributed by atoms with Gasteiger partial charge in [-0.2, -0.15) is 0 Å². The van der Waals surface area contributed by atoms with Crippen LogP contribution in [-0.2, 0) is 0 Å². The van der Waals surface area contributed by atoms with Gasteiger partial charge in [0.1, 0.15) is 5.69 Å². The second-order valence-electron chi connectivity index (χ2n) is 4.55. The normalized spacial score (nSPS) is 20.5. The van der Waals surface area contributed by atoms with Crippen molar-refractivity contribution in [2.24, 2.45) is 0 Å². The van der Waals surface area contributed by atoms with E-state index in [-0.39, 0.29) is 19.1 Å². The van der Waals surface area contributed by atoms with Crippen LogP contribution in [0, 0.1) is 29.1 Å². The number of halogens is 5. The molecule has 0 spiro atoms. The molecule has 0 saturated carbocycles. The van der Waals surface area contributed by atoms with E-state index >= 15 is 0 Å². The Morgan fingerprint density at radius 2 is 1.42 bits per heavy atom. The van der Waals surface area contributed by atoms with Crippen LogP contribution in [-0.4, -0.2) is 25.7 Å². The standard InChI is InChI=1S/C12H13F5N2/c1-6-2-4-19(5-3-18-6)12-10(16)8(14)7(13)9(15)11(12)17/h6,18H,2-5H2,1H3. The Hall–Kier alpha value is -1.37. The fraction of sp³-hybridized carbons (Fsp3) is 0.500. The molecule has 1 fully saturated rings. The highest BCUT2D eigenvalue weighted by Crippen LogP contribution is 2.30. The monoisotopic (exact) mass is 280 g/mol. The van der Waals surface area contributed by atoms with Gasteiger partial charge >= 0.3 is 0 Å². The van der Waals surface area contributed by atoms with Gasteiger partial charge < -0.3 is 10.2 Å². The molecule has 106 valence electrons. The van der Waals surface area contributed by atoms with Gasteiger partial charge in [0, 0.05) is 25.7 Å². The van der Waals surface area contributed by atoms with Crippen molar-refractivity contribution in [2.45, 2.75) is 19.4 Å². The second kappa shape index (κ2) is 5.32. The molecule has 1 unspecified atom stereocenters. The molecule has 1 saturated heterocycles. The molecule has 1 atom stereocenters. The van der Waals surface area contributed by atoms with Gasteiger partial charge in [0.15, 0.2) is 23.3 Å². The average Bonchev–Trinajstić information content (AvgIpc) is 2.60. The zero-order valence-corrected chi connectivity index (χ0v) is 10.2. The number of anilines is 1. The summed E-state index contributed by atoms with van der Waals surface area (Å²) in [6.45, 7) is 2.72. The molecule has 0 aliphatic carbocycles. The Kier molecular flexibility index (Phi) is 3.93. The topological polar surface area (TPSA) is 15.3 Å². The largest absolute Gasteiger partial charge is 0.365 e. The molecule has 1 aromatic rings. The molecule has 0 bridgehead atoms. The van der Waals surface area contributed by atoms with Crippen molar-refractivity contribution in [3.63, 3.8) is 0 Å². The predicted octanol–water partition coefficient (Wildman–Crippen LogP) is 2.57. The van der Waals surface area contributed by atoms with Crippen molar-refractivity contribution >= 4 is 5.69 Å². The maximum Gasteiger partial charge on any atom is 0.200 e. The lowest BCUT2D eigenvalue weighted by atomic mass is 10.2. The predicted molar refractivity (Wildman–Crippen MR) is 60.5 cm³/mol. The Morgan fingerprint density at radius 1 is 0.895 bits per heavy atom. The summed E-state index contributed by atoms with van der Waals surface area (Å²) in [5, 5.41) is 3.08. The summed E-state index contributed by atoms with van der Waals surface area (Å²) in [6.07, 6.45) is 0.555. The zero-order chi connectivity index (χ0) is 14.2. The summed E-state index contributed by atoms with van der Waals surface area (Å²) in [5.74, 6) is -9.48. The number of nitrogens with one attached hydrogen (secondary N) is 1. The van der Waals surface area contributed by atoms with Gasteiger partial charge in [0.05, 0.1) is 0 Å². The van der Waals surface area contributed by atoms with E-state index in [2.05, 4.69) is 5.32 Å². The van der Waals surface area contributed by atoms with Crippen LogP contribution in [0.2, 0.25) is 0 Å². The van der Waals surface area contributed by atoms with E-state index in [1.54, 1.807) is 0 Å². The highest BCUT2D eigenvalue weighted by atomic mass is 19.2. The van der Waals surface area contributed by atoms with E-state index in [1.165, 1.54) is 4.90 Å². The van der Waals surface area contributed by atoms with Crippen LogP contribution in [0.1, 0.15) is 13.3 Å². The quantitative estimate of drug-likeness (QED) is 0.483. The molecular weight excluding hydrogens is 267 g/mol. The molecule has 2 rings (SSSR count). The minimum absolute atomic E-state index is 0.131. The SMILES string of the molecule is CC1CCN(c2c(F)c(F)c(F)c(F)c2F)CCN1. The van der Waals surface area contributed by atoms with E-state index in [9.17, 15) is 22.0 Å². The molecule has 1 aliphatic rings. The van der Waals surface area contributed by atoms with Crippen LogP contribution < -0.4 is 10.2 Å². The number of benzene rings is 1. The van der Waals surface area contributed by atoms with E-state index in [4.69, 9.17) is 0 Å². The number of rotatable bonds is 1. The summed E-state index contributed by atoms with van der Waals surface area (Å²) >= 11 is 0. The van der Waals surface area contributed by atoms with Crippen molar-refractivity contribution in [3.8, 4) is 0 Å². The molecule has 0 aromatic heterocycles. The number of hydrogen-bond acceptors (Lipinski definition) is 2. The van der Waals surface area contributed by atoms with Crippen molar-refractivity contribution in [3.05, 3.63) is 29.1 Å². The molecule has 19 heavy (non-hydrogen) atoms. The van der Waals surface area contributed by atoms with Crippen molar-refractivity contribution < 1.29 is 22.0 Å². The lowest BCUT2D eigenvalue weighted by Gasteiger charge is -2.23. The number of hydrogen-bond donors (Lipinski definition) is 1. The Balaban J connectivity index is 2.44. The first kappa shape index (κ1) is 14.0. The third kappa shape index (κ3) is 2.51. The summed E-state index contributed by atoms with van der Waals surface area (Å²) in [7, 11) is 0. The van der Waals surface area contributed by atoms with E-state index in [0.29, 0.717) is 13.0 Å². The van der Waals surface area contributed by atoms with Crippen molar-refractivity contribution in [2.75, 3.05) is 24.5 Å². The molecule has 0 amide bonds.